The minimum Gasteiger partial charge on any atom is -0.407 e. The molecule has 1 aliphatic carbocycles. The summed E-state index contributed by atoms with van der Waals surface area (Å²) in [6.45, 7) is 9.87. The summed E-state index contributed by atoms with van der Waals surface area (Å²) < 4.78 is 33.1. The van der Waals surface area contributed by atoms with E-state index in [1.54, 1.807) is 0 Å². The number of hydrogen-bond donors (Lipinski definition) is 0. The average molecular weight is 264 g/mol. The first-order valence-corrected chi connectivity index (χ1v) is 8.94. The van der Waals surface area contributed by atoms with Crippen molar-refractivity contribution < 1.29 is 18.0 Å². The van der Waals surface area contributed by atoms with E-state index in [4.69, 9.17) is 4.43 Å². The maximum atomic E-state index is 13.7. The average Bonchev–Trinajstić information content (AvgIpc) is 2.10. The topological polar surface area (TPSA) is 26.3 Å². The molecule has 0 bridgehead atoms. The van der Waals surface area contributed by atoms with Crippen LogP contribution in [0, 0.1) is 0 Å². The Kier molecular flexibility index (Phi) is 3.84. The molecule has 0 spiro atoms. The smallest absolute Gasteiger partial charge is 0.273 e. The van der Waals surface area contributed by atoms with E-state index in [1.165, 1.54) is 0 Å². The Hall–Kier alpha value is -0.293. The fourth-order valence-corrected chi connectivity index (χ4v) is 2.91. The van der Waals surface area contributed by atoms with E-state index in [0.717, 1.165) is 0 Å². The molecular weight excluding hydrogens is 242 g/mol. The van der Waals surface area contributed by atoms with E-state index in [2.05, 4.69) is 0 Å². The molecule has 0 amide bonds. The van der Waals surface area contributed by atoms with Crippen molar-refractivity contribution in [2.75, 3.05) is 0 Å². The number of Topliss-reactive ketones (excluding diaryl/α,β-unsaturated/α-hetero) is 1. The van der Waals surface area contributed by atoms with Gasteiger partial charge in [0, 0.05) is 19.3 Å². The Bertz CT molecular complexity index is 308. The van der Waals surface area contributed by atoms with Crippen LogP contribution in [0.5, 0.6) is 0 Å². The molecule has 2 nitrogen and oxygen atoms in total. The van der Waals surface area contributed by atoms with E-state index in [1.807, 2.05) is 33.9 Å². The van der Waals surface area contributed by atoms with Crippen LogP contribution in [0.3, 0.4) is 0 Å². The molecule has 0 aliphatic heterocycles. The molecule has 1 fully saturated rings. The molecule has 100 valence electrons. The molecule has 1 rings (SSSR count). The highest BCUT2D eigenvalue weighted by atomic mass is 28.4. The third-order valence-electron chi connectivity index (χ3n) is 3.86. The molecule has 0 radical (unpaired) electrons. The number of alkyl halides is 2. The second kappa shape index (κ2) is 4.43. The molecule has 0 heterocycles. The standard InChI is InChI=1S/C12H22F2O2Si/c1-11(2,3)17(4,5)16-10-8-9(15)6-7-12(10,13)14/h10H,6-8H2,1-5H3. The minimum atomic E-state index is -2.86. The zero-order chi connectivity index (χ0) is 13.5. The van der Waals surface area contributed by atoms with E-state index in [0.29, 0.717) is 0 Å². The summed E-state index contributed by atoms with van der Waals surface area (Å²) in [5.74, 6) is -2.97. The lowest BCUT2D eigenvalue weighted by Gasteiger charge is -2.42. The predicted molar refractivity (Wildman–Crippen MR) is 65.9 cm³/mol. The van der Waals surface area contributed by atoms with Crippen molar-refractivity contribution in [3.05, 3.63) is 0 Å². The number of carbonyl (C=O) groups excluding carboxylic acids is 1. The highest BCUT2D eigenvalue weighted by Crippen LogP contribution is 2.42. The molecule has 1 atom stereocenters. The Labute approximate surface area is 103 Å². The van der Waals surface area contributed by atoms with Gasteiger partial charge in [0.1, 0.15) is 11.9 Å². The van der Waals surface area contributed by atoms with Gasteiger partial charge in [0.25, 0.3) is 5.92 Å². The molecule has 0 aromatic carbocycles. The van der Waals surface area contributed by atoms with Gasteiger partial charge < -0.3 is 4.43 Å². The van der Waals surface area contributed by atoms with E-state index in [-0.39, 0.29) is 30.1 Å². The molecule has 5 heteroatoms. The zero-order valence-corrected chi connectivity index (χ0v) is 12.3. The SMILES string of the molecule is CC(C)(C)[Si](C)(C)OC1CC(=O)CCC1(F)F. The van der Waals surface area contributed by atoms with Gasteiger partial charge in [0.05, 0.1) is 0 Å². The van der Waals surface area contributed by atoms with Crippen LogP contribution in [-0.2, 0) is 9.22 Å². The molecule has 0 aromatic heterocycles. The number of rotatable bonds is 2. The second-order valence-electron chi connectivity index (χ2n) is 6.37. The van der Waals surface area contributed by atoms with Crippen LogP contribution in [-0.4, -0.2) is 26.1 Å². The highest BCUT2D eigenvalue weighted by Gasteiger charge is 2.49. The Morgan fingerprint density at radius 1 is 1.35 bits per heavy atom. The fraction of sp³-hybridized carbons (Fsp3) is 0.917. The molecular formula is C12H22F2O2Si. The van der Waals surface area contributed by atoms with Gasteiger partial charge in [-0.2, -0.15) is 0 Å². The van der Waals surface area contributed by atoms with Crippen molar-refractivity contribution >= 4 is 14.1 Å². The molecule has 1 unspecified atom stereocenters. The lowest BCUT2D eigenvalue weighted by atomic mass is 9.93. The maximum Gasteiger partial charge on any atom is 0.273 e. The fourth-order valence-electron chi connectivity index (χ4n) is 1.59. The first-order chi connectivity index (χ1) is 7.46. The lowest BCUT2D eigenvalue weighted by Crippen LogP contribution is -2.51. The van der Waals surface area contributed by atoms with Crippen molar-refractivity contribution in [1.82, 2.24) is 0 Å². The maximum absolute atomic E-state index is 13.7. The lowest BCUT2D eigenvalue weighted by molar-refractivity contribution is -0.149. The van der Waals surface area contributed by atoms with Gasteiger partial charge in [-0.3, -0.25) is 4.79 Å². The van der Waals surface area contributed by atoms with E-state index >= 15 is 0 Å². The van der Waals surface area contributed by atoms with Gasteiger partial charge in [-0.1, -0.05) is 20.8 Å². The Morgan fingerprint density at radius 3 is 2.35 bits per heavy atom. The quantitative estimate of drug-likeness (QED) is 0.710. The summed E-state index contributed by atoms with van der Waals surface area (Å²) in [7, 11) is -2.24. The van der Waals surface area contributed by atoms with Crippen LogP contribution in [0.25, 0.3) is 0 Å². The van der Waals surface area contributed by atoms with Gasteiger partial charge in [-0.05, 0) is 18.1 Å². The third-order valence-corrected chi connectivity index (χ3v) is 8.35. The van der Waals surface area contributed by atoms with Crippen LogP contribution in [0.4, 0.5) is 8.78 Å². The molecule has 1 saturated carbocycles. The number of carbonyl (C=O) groups is 1. The monoisotopic (exact) mass is 264 g/mol. The predicted octanol–water partition coefficient (Wildman–Crippen LogP) is 3.77. The van der Waals surface area contributed by atoms with E-state index < -0.39 is 20.3 Å². The molecule has 1 aliphatic rings. The zero-order valence-electron chi connectivity index (χ0n) is 11.3. The van der Waals surface area contributed by atoms with Crippen molar-refractivity contribution in [2.24, 2.45) is 0 Å². The van der Waals surface area contributed by atoms with Crippen molar-refractivity contribution in [3.63, 3.8) is 0 Å². The van der Waals surface area contributed by atoms with Gasteiger partial charge in [-0.15, -0.1) is 0 Å². The molecule has 17 heavy (non-hydrogen) atoms. The molecule has 0 aromatic rings. The highest BCUT2D eigenvalue weighted by molar-refractivity contribution is 6.74. The number of hydrogen-bond acceptors (Lipinski definition) is 2. The third kappa shape index (κ3) is 3.34. The second-order valence-corrected chi connectivity index (χ2v) is 11.1. The first kappa shape index (κ1) is 14.8. The normalized spacial score (nSPS) is 26.1. The Morgan fingerprint density at radius 2 is 1.88 bits per heavy atom. The summed E-state index contributed by atoms with van der Waals surface area (Å²) in [6.07, 6.45) is -1.75. The number of halogens is 2. The van der Waals surface area contributed by atoms with Gasteiger partial charge in [0.15, 0.2) is 8.32 Å². The summed E-state index contributed by atoms with van der Waals surface area (Å²) >= 11 is 0. The number of ketones is 1. The molecule has 0 N–H and O–H groups in total. The van der Waals surface area contributed by atoms with Crippen LogP contribution in [0.1, 0.15) is 40.0 Å². The summed E-state index contributed by atoms with van der Waals surface area (Å²) in [4.78, 5) is 11.3. The van der Waals surface area contributed by atoms with Gasteiger partial charge in [0.2, 0.25) is 0 Å². The van der Waals surface area contributed by atoms with Crippen LogP contribution < -0.4 is 0 Å². The van der Waals surface area contributed by atoms with Crippen LogP contribution in [0.2, 0.25) is 18.1 Å². The molecule has 0 saturated heterocycles. The van der Waals surface area contributed by atoms with Crippen molar-refractivity contribution in [2.45, 2.75) is 70.2 Å². The first-order valence-electron chi connectivity index (χ1n) is 6.03. The largest absolute Gasteiger partial charge is 0.407 e. The Balaban J connectivity index is 2.82. The summed E-state index contributed by atoms with van der Waals surface area (Å²) in [5.41, 5.74) is 0. The van der Waals surface area contributed by atoms with Crippen molar-refractivity contribution in [1.29, 1.82) is 0 Å². The summed E-state index contributed by atoms with van der Waals surface area (Å²) in [5, 5.41) is -0.121. The van der Waals surface area contributed by atoms with Crippen LogP contribution >= 0.6 is 0 Å². The van der Waals surface area contributed by atoms with Gasteiger partial charge in [-0.25, -0.2) is 8.78 Å². The van der Waals surface area contributed by atoms with Crippen LogP contribution in [0.15, 0.2) is 0 Å². The van der Waals surface area contributed by atoms with Gasteiger partial charge >= 0.3 is 0 Å². The van der Waals surface area contributed by atoms with Crippen molar-refractivity contribution in [3.8, 4) is 0 Å². The van der Waals surface area contributed by atoms with E-state index in [9.17, 15) is 13.6 Å². The minimum absolute atomic E-state index is 0.0235. The summed E-state index contributed by atoms with van der Waals surface area (Å²) in [6, 6.07) is 0.